The van der Waals surface area contributed by atoms with Gasteiger partial charge in [0.15, 0.2) is 11.6 Å². The Balaban J connectivity index is 2.11. The topological polar surface area (TPSA) is 24.9 Å². The van der Waals surface area contributed by atoms with Crippen LogP contribution in [0.5, 0.6) is 0 Å². The molecule has 1 fully saturated rings. The van der Waals surface area contributed by atoms with Gasteiger partial charge in [-0.1, -0.05) is 26.7 Å². The summed E-state index contributed by atoms with van der Waals surface area (Å²) < 4.78 is 26.4. The van der Waals surface area contributed by atoms with E-state index in [0.717, 1.165) is 31.5 Å². The first-order chi connectivity index (χ1) is 8.58. The van der Waals surface area contributed by atoms with Gasteiger partial charge in [0.2, 0.25) is 0 Å². The lowest BCUT2D eigenvalue weighted by Gasteiger charge is -2.35. The SMILES string of the molecule is CC(C)C1CCCCC1Nc1ncc(F)cc1F. The molecule has 1 aromatic heterocycles. The van der Waals surface area contributed by atoms with Gasteiger partial charge in [-0.05, 0) is 24.7 Å². The fraction of sp³-hybridized carbons (Fsp3) is 0.643. The van der Waals surface area contributed by atoms with Crippen LogP contribution in [0, 0.1) is 23.5 Å². The molecule has 0 aliphatic heterocycles. The highest BCUT2D eigenvalue weighted by Crippen LogP contribution is 2.32. The molecule has 2 nitrogen and oxygen atoms in total. The van der Waals surface area contributed by atoms with Crippen LogP contribution >= 0.6 is 0 Å². The second-order valence-corrected chi connectivity index (χ2v) is 5.43. The Kier molecular flexibility index (Phi) is 4.15. The van der Waals surface area contributed by atoms with E-state index in [0.29, 0.717) is 11.8 Å². The highest BCUT2D eigenvalue weighted by Gasteiger charge is 2.28. The van der Waals surface area contributed by atoms with Gasteiger partial charge in [0.25, 0.3) is 0 Å². The average Bonchev–Trinajstić information content (AvgIpc) is 2.33. The highest BCUT2D eigenvalue weighted by atomic mass is 19.1. The molecule has 2 rings (SSSR count). The first-order valence-electron chi connectivity index (χ1n) is 6.65. The number of nitrogens with one attached hydrogen (secondary N) is 1. The standard InChI is InChI=1S/C14H20F2N2/c1-9(2)11-5-3-4-6-13(11)18-14-12(16)7-10(15)8-17-14/h7-9,11,13H,3-6H2,1-2H3,(H,17,18). The Morgan fingerprint density at radius 3 is 2.67 bits per heavy atom. The van der Waals surface area contributed by atoms with Gasteiger partial charge in [-0.3, -0.25) is 0 Å². The summed E-state index contributed by atoms with van der Waals surface area (Å²) in [4.78, 5) is 3.80. The Bertz CT molecular complexity index is 407. The summed E-state index contributed by atoms with van der Waals surface area (Å²) in [5, 5.41) is 3.16. The van der Waals surface area contributed by atoms with Crippen LogP contribution in [0.3, 0.4) is 0 Å². The molecular formula is C14H20F2N2. The largest absolute Gasteiger partial charge is 0.365 e. The Morgan fingerprint density at radius 1 is 1.28 bits per heavy atom. The summed E-state index contributed by atoms with van der Waals surface area (Å²) in [6.45, 7) is 4.39. The van der Waals surface area contributed by atoms with Crippen molar-refractivity contribution in [3.63, 3.8) is 0 Å². The van der Waals surface area contributed by atoms with Crippen LogP contribution in [0.2, 0.25) is 0 Å². The van der Waals surface area contributed by atoms with E-state index in [2.05, 4.69) is 24.1 Å². The second-order valence-electron chi connectivity index (χ2n) is 5.43. The molecule has 0 spiro atoms. The minimum atomic E-state index is -0.637. The van der Waals surface area contributed by atoms with E-state index >= 15 is 0 Å². The van der Waals surface area contributed by atoms with Crippen molar-refractivity contribution in [3.8, 4) is 0 Å². The number of halogens is 2. The maximum Gasteiger partial charge on any atom is 0.168 e. The van der Waals surface area contributed by atoms with Crippen LogP contribution in [0.25, 0.3) is 0 Å². The van der Waals surface area contributed by atoms with E-state index in [-0.39, 0.29) is 11.9 Å². The van der Waals surface area contributed by atoms with Gasteiger partial charge < -0.3 is 5.32 Å². The molecule has 0 radical (unpaired) electrons. The number of anilines is 1. The van der Waals surface area contributed by atoms with E-state index in [4.69, 9.17) is 0 Å². The Morgan fingerprint density at radius 2 is 2.00 bits per heavy atom. The van der Waals surface area contributed by atoms with Crippen molar-refractivity contribution in [3.05, 3.63) is 23.9 Å². The van der Waals surface area contributed by atoms with Gasteiger partial charge in [0.05, 0.1) is 6.20 Å². The summed E-state index contributed by atoms with van der Waals surface area (Å²) in [7, 11) is 0. The third-order valence-electron chi connectivity index (χ3n) is 3.81. The van der Waals surface area contributed by atoms with E-state index < -0.39 is 11.6 Å². The predicted octanol–water partition coefficient (Wildman–Crippen LogP) is 3.99. The van der Waals surface area contributed by atoms with Crippen LogP contribution in [0.4, 0.5) is 14.6 Å². The zero-order valence-corrected chi connectivity index (χ0v) is 10.9. The summed E-state index contributed by atoms with van der Waals surface area (Å²) in [6.07, 6.45) is 5.64. The first kappa shape index (κ1) is 13.2. The number of nitrogens with zero attached hydrogens (tertiary/aromatic N) is 1. The number of pyridine rings is 1. The third-order valence-corrected chi connectivity index (χ3v) is 3.81. The lowest BCUT2D eigenvalue weighted by Crippen LogP contribution is -2.35. The molecule has 1 N–H and O–H groups in total. The van der Waals surface area contributed by atoms with Gasteiger partial charge in [0, 0.05) is 12.1 Å². The zero-order valence-electron chi connectivity index (χ0n) is 10.9. The quantitative estimate of drug-likeness (QED) is 0.882. The smallest absolute Gasteiger partial charge is 0.168 e. The van der Waals surface area contributed by atoms with Crippen molar-refractivity contribution >= 4 is 5.82 Å². The molecule has 1 heterocycles. The van der Waals surface area contributed by atoms with Crippen LogP contribution in [0.15, 0.2) is 12.3 Å². The van der Waals surface area contributed by atoms with Crippen molar-refractivity contribution in [2.45, 2.75) is 45.6 Å². The molecule has 0 saturated heterocycles. The summed E-state index contributed by atoms with van der Waals surface area (Å²) in [6, 6.07) is 1.12. The van der Waals surface area contributed by atoms with Gasteiger partial charge in [-0.15, -0.1) is 0 Å². The van der Waals surface area contributed by atoms with Crippen molar-refractivity contribution in [2.24, 2.45) is 11.8 Å². The molecule has 1 saturated carbocycles. The number of aromatic nitrogens is 1. The fourth-order valence-electron chi connectivity index (χ4n) is 2.83. The van der Waals surface area contributed by atoms with E-state index in [9.17, 15) is 8.78 Å². The number of hydrogen-bond acceptors (Lipinski definition) is 2. The molecule has 1 aromatic rings. The van der Waals surface area contributed by atoms with E-state index in [1.54, 1.807) is 0 Å². The maximum atomic E-state index is 13.6. The van der Waals surface area contributed by atoms with Crippen molar-refractivity contribution in [2.75, 3.05) is 5.32 Å². The normalized spacial score (nSPS) is 24.3. The summed E-state index contributed by atoms with van der Waals surface area (Å²) in [5.74, 6) is 0.0236. The minimum absolute atomic E-state index is 0.175. The molecule has 0 amide bonds. The third kappa shape index (κ3) is 2.98. The lowest BCUT2D eigenvalue weighted by atomic mass is 9.78. The molecule has 18 heavy (non-hydrogen) atoms. The average molecular weight is 254 g/mol. The predicted molar refractivity (Wildman–Crippen MR) is 68.4 cm³/mol. The van der Waals surface area contributed by atoms with Crippen molar-refractivity contribution in [1.82, 2.24) is 4.98 Å². The molecule has 100 valence electrons. The van der Waals surface area contributed by atoms with Crippen molar-refractivity contribution in [1.29, 1.82) is 0 Å². The molecule has 1 aliphatic carbocycles. The Hall–Kier alpha value is -1.19. The molecule has 1 aliphatic rings. The van der Waals surface area contributed by atoms with Crippen LogP contribution in [-0.4, -0.2) is 11.0 Å². The molecule has 4 heteroatoms. The fourth-order valence-corrected chi connectivity index (χ4v) is 2.83. The molecule has 2 unspecified atom stereocenters. The summed E-state index contributed by atoms with van der Waals surface area (Å²) >= 11 is 0. The van der Waals surface area contributed by atoms with E-state index in [1.165, 1.54) is 6.42 Å². The van der Waals surface area contributed by atoms with Crippen molar-refractivity contribution < 1.29 is 8.78 Å². The molecule has 0 bridgehead atoms. The number of hydrogen-bond donors (Lipinski definition) is 1. The first-order valence-corrected chi connectivity index (χ1v) is 6.65. The van der Waals surface area contributed by atoms with Crippen LogP contribution < -0.4 is 5.32 Å². The molecular weight excluding hydrogens is 234 g/mol. The van der Waals surface area contributed by atoms with Gasteiger partial charge in [0.1, 0.15) is 5.82 Å². The second kappa shape index (κ2) is 5.63. The monoisotopic (exact) mass is 254 g/mol. The van der Waals surface area contributed by atoms with Gasteiger partial charge in [-0.25, -0.2) is 13.8 Å². The number of rotatable bonds is 3. The van der Waals surface area contributed by atoms with Crippen LogP contribution in [0.1, 0.15) is 39.5 Å². The minimum Gasteiger partial charge on any atom is -0.365 e. The molecule has 0 aromatic carbocycles. The van der Waals surface area contributed by atoms with Gasteiger partial charge in [-0.2, -0.15) is 0 Å². The van der Waals surface area contributed by atoms with Crippen LogP contribution in [-0.2, 0) is 0 Å². The lowest BCUT2D eigenvalue weighted by molar-refractivity contribution is 0.253. The van der Waals surface area contributed by atoms with Gasteiger partial charge >= 0.3 is 0 Å². The highest BCUT2D eigenvalue weighted by molar-refractivity contribution is 5.37. The Labute approximate surface area is 107 Å². The zero-order chi connectivity index (χ0) is 13.1. The maximum absolute atomic E-state index is 13.6. The summed E-state index contributed by atoms with van der Waals surface area (Å²) in [5.41, 5.74) is 0. The van der Waals surface area contributed by atoms with E-state index in [1.807, 2.05) is 0 Å². The molecule has 2 atom stereocenters.